The predicted molar refractivity (Wildman–Crippen MR) is 60.1 cm³/mol. The summed E-state index contributed by atoms with van der Waals surface area (Å²) in [4.78, 5) is 5.90. The number of aliphatic hydroxyl groups is 2. The van der Waals surface area contributed by atoms with E-state index in [4.69, 9.17) is 16.7 Å². The van der Waals surface area contributed by atoms with E-state index in [-0.39, 0.29) is 6.61 Å². The van der Waals surface area contributed by atoms with Crippen LogP contribution >= 0.6 is 11.6 Å². The number of anilines is 1. The Morgan fingerprint density at radius 1 is 1.60 bits per heavy atom. The van der Waals surface area contributed by atoms with Gasteiger partial charge in [0.2, 0.25) is 0 Å². The number of likely N-dealkylation sites (N-methyl/N-ethyl adjacent to an activating group) is 1. The molecule has 1 unspecified atom stereocenters. The zero-order valence-corrected chi connectivity index (χ0v) is 9.57. The maximum Gasteiger partial charge on any atom is 0.147 e. The van der Waals surface area contributed by atoms with Gasteiger partial charge in [0.05, 0.1) is 17.7 Å². The van der Waals surface area contributed by atoms with Gasteiger partial charge in [0.25, 0.3) is 0 Å². The third-order valence-electron chi connectivity index (χ3n) is 1.96. The van der Waals surface area contributed by atoms with E-state index in [1.165, 1.54) is 0 Å². The van der Waals surface area contributed by atoms with Gasteiger partial charge < -0.3 is 15.1 Å². The summed E-state index contributed by atoms with van der Waals surface area (Å²) in [5.74, 6) is 0.606. The molecule has 0 aliphatic heterocycles. The molecule has 1 heterocycles. The first-order valence-corrected chi connectivity index (χ1v) is 5.07. The highest BCUT2D eigenvalue weighted by Gasteiger charge is 2.10. The summed E-state index contributed by atoms with van der Waals surface area (Å²) in [7, 11) is 1.81. The molecule has 0 saturated carbocycles. The van der Waals surface area contributed by atoms with Crippen molar-refractivity contribution in [2.24, 2.45) is 0 Å². The first-order chi connectivity index (χ1) is 7.04. The van der Waals surface area contributed by atoms with Gasteiger partial charge in [-0.1, -0.05) is 11.6 Å². The zero-order chi connectivity index (χ0) is 11.4. The molecule has 0 spiro atoms. The van der Waals surface area contributed by atoms with Gasteiger partial charge in [-0.3, -0.25) is 0 Å². The monoisotopic (exact) mass is 230 g/mol. The van der Waals surface area contributed by atoms with Crippen LogP contribution in [0.5, 0.6) is 0 Å². The molecule has 0 radical (unpaired) electrons. The molecular formula is C10H15ClN2O2. The molecule has 1 aromatic rings. The lowest BCUT2D eigenvalue weighted by atomic mass is 10.3. The minimum Gasteiger partial charge on any atom is -0.392 e. The summed E-state index contributed by atoms with van der Waals surface area (Å²) in [5, 5.41) is 18.6. The highest BCUT2D eigenvalue weighted by molar-refractivity contribution is 6.33. The van der Waals surface area contributed by atoms with Gasteiger partial charge in [0.1, 0.15) is 5.82 Å². The molecule has 0 aliphatic rings. The van der Waals surface area contributed by atoms with Gasteiger partial charge in [0, 0.05) is 19.8 Å². The van der Waals surface area contributed by atoms with E-state index < -0.39 is 6.10 Å². The smallest absolute Gasteiger partial charge is 0.147 e. The lowest BCUT2D eigenvalue weighted by Crippen LogP contribution is -2.27. The molecule has 0 aromatic carbocycles. The fourth-order valence-corrected chi connectivity index (χ4v) is 1.65. The normalized spacial score (nSPS) is 12.6. The highest BCUT2D eigenvalue weighted by Crippen LogP contribution is 2.23. The van der Waals surface area contributed by atoms with Crippen LogP contribution in [0.25, 0.3) is 0 Å². The van der Waals surface area contributed by atoms with Crippen molar-refractivity contribution in [3.63, 3.8) is 0 Å². The van der Waals surface area contributed by atoms with Crippen LogP contribution in [0.1, 0.15) is 12.5 Å². The quantitative estimate of drug-likeness (QED) is 0.812. The molecule has 1 aromatic heterocycles. The molecule has 0 fully saturated rings. The fraction of sp³-hybridized carbons (Fsp3) is 0.500. The number of pyridine rings is 1. The Labute approximate surface area is 94.1 Å². The topological polar surface area (TPSA) is 56.6 Å². The van der Waals surface area contributed by atoms with Crippen LogP contribution in [-0.4, -0.2) is 34.9 Å². The zero-order valence-electron chi connectivity index (χ0n) is 8.81. The van der Waals surface area contributed by atoms with Crippen LogP contribution < -0.4 is 4.90 Å². The van der Waals surface area contributed by atoms with Crippen molar-refractivity contribution in [2.45, 2.75) is 19.6 Å². The van der Waals surface area contributed by atoms with Crippen LogP contribution in [0.2, 0.25) is 5.02 Å². The SMILES string of the molecule is CC(O)CN(C)c1ncc(CO)cc1Cl. The first kappa shape index (κ1) is 12.2. The Morgan fingerprint density at radius 2 is 2.27 bits per heavy atom. The molecule has 1 atom stereocenters. The van der Waals surface area contributed by atoms with Crippen LogP contribution in [0.4, 0.5) is 5.82 Å². The van der Waals surface area contributed by atoms with Crippen LogP contribution in [-0.2, 0) is 6.61 Å². The van der Waals surface area contributed by atoms with Gasteiger partial charge in [0.15, 0.2) is 0 Å². The van der Waals surface area contributed by atoms with E-state index in [1.54, 1.807) is 31.1 Å². The molecule has 0 saturated heterocycles. The third kappa shape index (κ3) is 3.34. The first-order valence-electron chi connectivity index (χ1n) is 4.69. The number of hydrogen-bond donors (Lipinski definition) is 2. The fourth-order valence-electron chi connectivity index (χ4n) is 1.32. The van der Waals surface area contributed by atoms with Crippen molar-refractivity contribution >= 4 is 17.4 Å². The summed E-state index contributed by atoms with van der Waals surface area (Å²) in [5.41, 5.74) is 0.675. The highest BCUT2D eigenvalue weighted by atomic mass is 35.5. The van der Waals surface area contributed by atoms with E-state index in [0.717, 1.165) is 0 Å². The Kier molecular flexibility index (Phi) is 4.32. The van der Waals surface area contributed by atoms with Crippen molar-refractivity contribution in [3.8, 4) is 0 Å². The Bertz CT molecular complexity index is 331. The predicted octanol–water partition coefficient (Wildman–Crippen LogP) is 1.04. The number of rotatable bonds is 4. The summed E-state index contributed by atoms with van der Waals surface area (Å²) < 4.78 is 0. The van der Waals surface area contributed by atoms with Gasteiger partial charge >= 0.3 is 0 Å². The molecular weight excluding hydrogens is 216 g/mol. The summed E-state index contributed by atoms with van der Waals surface area (Å²) >= 11 is 5.99. The second kappa shape index (κ2) is 5.30. The molecule has 0 aliphatic carbocycles. The third-order valence-corrected chi connectivity index (χ3v) is 2.24. The lowest BCUT2D eigenvalue weighted by molar-refractivity contribution is 0.201. The lowest BCUT2D eigenvalue weighted by Gasteiger charge is -2.20. The van der Waals surface area contributed by atoms with E-state index >= 15 is 0 Å². The molecule has 1 rings (SSSR count). The largest absolute Gasteiger partial charge is 0.392 e. The van der Waals surface area contributed by atoms with Crippen LogP contribution in [0, 0.1) is 0 Å². The van der Waals surface area contributed by atoms with E-state index in [9.17, 15) is 5.11 Å². The maximum absolute atomic E-state index is 9.22. The second-order valence-electron chi connectivity index (χ2n) is 3.54. The number of nitrogens with zero attached hydrogens (tertiary/aromatic N) is 2. The Balaban J connectivity index is 2.85. The number of aromatic nitrogens is 1. The van der Waals surface area contributed by atoms with Gasteiger partial charge in [-0.05, 0) is 18.6 Å². The van der Waals surface area contributed by atoms with Crippen molar-refractivity contribution < 1.29 is 10.2 Å². The molecule has 0 bridgehead atoms. The van der Waals surface area contributed by atoms with Crippen LogP contribution in [0.15, 0.2) is 12.3 Å². The van der Waals surface area contributed by atoms with E-state index in [0.29, 0.717) is 22.9 Å². The Morgan fingerprint density at radius 3 is 2.73 bits per heavy atom. The summed E-state index contributed by atoms with van der Waals surface area (Å²) in [6, 6.07) is 1.67. The number of aliphatic hydroxyl groups excluding tert-OH is 2. The minimum atomic E-state index is -0.439. The van der Waals surface area contributed by atoms with Crippen molar-refractivity contribution in [3.05, 3.63) is 22.8 Å². The van der Waals surface area contributed by atoms with Gasteiger partial charge in [-0.2, -0.15) is 0 Å². The van der Waals surface area contributed by atoms with Crippen molar-refractivity contribution in [1.82, 2.24) is 4.98 Å². The molecule has 0 amide bonds. The summed E-state index contributed by atoms with van der Waals surface area (Å²) in [6.07, 6.45) is 1.13. The van der Waals surface area contributed by atoms with Crippen molar-refractivity contribution in [1.29, 1.82) is 0 Å². The van der Waals surface area contributed by atoms with Gasteiger partial charge in [-0.25, -0.2) is 4.98 Å². The Hall–Kier alpha value is -0.840. The molecule has 15 heavy (non-hydrogen) atoms. The molecule has 5 heteroatoms. The van der Waals surface area contributed by atoms with Crippen molar-refractivity contribution in [2.75, 3.05) is 18.5 Å². The van der Waals surface area contributed by atoms with Crippen LogP contribution in [0.3, 0.4) is 0 Å². The van der Waals surface area contributed by atoms with E-state index in [1.807, 2.05) is 0 Å². The average molecular weight is 231 g/mol. The maximum atomic E-state index is 9.22. The average Bonchev–Trinajstić information content (AvgIpc) is 2.16. The standard InChI is InChI=1S/C10H15ClN2O2/c1-7(15)5-13(2)10-9(11)3-8(6-14)4-12-10/h3-4,7,14-15H,5-6H2,1-2H3. The number of halogens is 1. The molecule has 4 nitrogen and oxygen atoms in total. The summed E-state index contributed by atoms with van der Waals surface area (Å²) in [6.45, 7) is 2.09. The second-order valence-corrected chi connectivity index (χ2v) is 3.94. The number of hydrogen-bond acceptors (Lipinski definition) is 4. The van der Waals surface area contributed by atoms with E-state index in [2.05, 4.69) is 4.98 Å². The minimum absolute atomic E-state index is 0.0763. The molecule has 2 N–H and O–H groups in total. The van der Waals surface area contributed by atoms with Gasteiger partial charge in [-0.15, -0.1) is 0 Å². The molecule has 84 valence electrons.